The Morgan fingerprint density at radius 1 is 1.00 bits per heavy atom. The molecule has 1 aromatic heterocycles. The zero-order chi connectivity index (χ0) is 19.3. The third-order valence-electron chi connectivity index (χ3n) is 3.88. The highest BCUT2D eigenvalue weighted by Crippen LogP contribution is 2.21. The Morgan fingerprint density at radius 2 is 1.70 bits per heavy atom. The molecule has 7 heteroatoms. The SMILES string of the molecule is N#Cc1ccccc1COC(=O)c1occc1CS(=O)(=O)c1ccccc1. The minimum absolute atomic E-state index is 0.117. The average Bonchev–Trinajstić information content (AvgIpc) is 3.14. The molecular weight excluding hydrogens is 366 g/mol. The topological polar surface area (TPSA) is 97.4 Å². The molecule has 3 rings (SSSR count). The Kier molecular flexibility index (Phi) is 5.38. The Hall–Kier alpha value is -3.37. The second-order valence-corrected chi connectivity index (χ2v) is 7.68. The molecule has 1 heterocycles. The van der Waals surface area contributed by atoms with Gasteiger partial charge in [-0.1, -0.05) is 36.4 Å². The molecule has 0 fully saturated rings. The van der Waals surface area contributed by atoms with E-state index in [1.165, 1.54) is 24.5 Å². The number of furan rings is 1. The van der Waals surface area contributed by atoms with Crippen molar-refractivity contribution in [3.8, 4) is 6.07 Å². The van der Waals surface area contributed by atoms with Crippen molar-refractivity contribution in [3.63, 3.8) is 0 Å². The maximum atomic E-state index is 12.5. The first-order valence-electron chi connectivity index (χ1n) is 8.00. The second-order valence-electron chi connectivity index (χ2n) is 5.69. The summed E-state index contributed by atoms with van der Waals surface area (Å²) in [5, 5.41) is 9.07. The zero-order valence-corrected chi connectivity index (χ0v) is 15.0. The van der Waals surface area contributed by atoms with Crippen LogP contribution in [0.4, 0.5) is 0 Å². The summed E-state index contributed by atoms with van der Waals surface area (Å²) in [6.45, 7) is -0.117. The molecule has 0 saturated carbocycles. The van der Waals surface area contributed by atoms with Gasteiger partial charge in [0, 0.05) is 11.1 Å². The Balaban J connectivity index is 1.75. The van der Waals surface area contributed by atoms with Crippen molar-refractivity contribution in [3.05, 3.63) is 89.4 Å². The number of sulfone groups is 1. The van der Waals surface area contributed by atoms with Gasteiger partial charge in [0.25, 0.3) is 0 Å². The maximum absolute atomic E-state index is 12.5. The number of esters is 1. The van der Waals surface area contributed by atoms with E-state index in [0.29, 0.717) is 11.1 Å². The smallest absolute Gasteiger partial charge is 0.374 e. The fourth-order valence-electron chi connectivity index (χ4n) is 2.51. The summed E-state index contributed by atoms with van der Waals surface area (Å²) >= 11 is 0. The van der Waals surface area contributed by atoms with Gasteiger partial charge in [-0.15, -0.1) is 0 Å². The van der Waals surface area contributed by atoms with Gasteiger partial charge in [-0.05, 0) is 24.3 Å². The van der Waals surface area contributed by atoms with Gasteiger partial charge in [0.05, 0.1) is 28.5 Å². The number of hydrogen-bond acceptors (Lipinski definition) is 6. The summed E-state index contributed by atoms with van der Waals surface area (Å²) in [5.74, 6) is -1.33. The highest BCUT2D eigenvalue weighted by atomic mass is 32.2. The van der Waals surface area contributed by atoms with Gasteiger partial charge in [-0.2, -0.15) is 5.26 Å². The van der Waals surface area contributed by atoms with E-state index in [1.54, 1.807) is 42.5 Å². The molecule has 0 bridgehead atoms. The lowest BCUT2D eigenvalue weighted by atomic mass is 10.1. The fourth-order valence-corrected chi connectivity index (χ4v) is 3.88. The first-order chi connectivity index (χ1) is 13.0. The van der Waals surface area contributed by atoms with E-state index in [9.17, 15) is 13.2 Å². The largest absolute Gasteiger partial charge is 0.457 e. The summed E-state index contributed by atoms with van der Waals surface area (Å²) in [7, 11) is -3.63. The van der Waals surface area contributed by atoms with E-state index >= 15 is 0 Å². The van der Waals surface area contributed by atoms with E-state index in [2.05, 4.69) is 0 Å². The molecule has 0 radical (unpaired) electrons. The molecule has 0 aliphatic carbocycles. The molecule has 0 amide bonds. The molecule has 2 aromatic carbocycles. The van der Waals surface area contributed by atoms with Crippen LogP contribution in [0.3, 0.4) is 0 Å². The number of nitrogens with zero attached hydrogens (tertiary/aromatic N) is 1. The van der Waals surface area contributed by atoms with Crippen molar-refractivity contribution in [2.24, 2.45) is 0 Å². The number of ether oxygens (including phenoxy) is 1. The normalized spacial score (nSPS) is 10.9. The van der Waals surface area contributed by atoms with Crippen LogP contribution in [0.25, 0.3) is 0 Å². The molecule has 0 spiro atoms. The number of nitriles is 1. The van der Waals surface area contributed by atoms with Gasteiger partial charge < -0.3 is 9.15 Å². The van der Waals surface area contributed by atoms with E-state index in [1.807, 2.05) is 6.07 Å². The second kappa shape index (κ2) is 7.89. The van der Waals surface area contributed by atoms with Crippen molar-refractivity contribution in [1.82, 2.24) is 0 Å². The van der Waals surface area contributed by atoms with Crippen molar-refractivity contribution in [1.29, 1.82) is 5.26 Å². The minimum atomic E-state index is -3.63. The molecule has 27 heavy (non-hydrogen) atoms. The van der Waals surface area contributed by atoms with Crippen LogP contribution in [0.5, 0.6) is 0 Å². The molecule has 3 aromatic rings. The number of benzene rings is 2. The average molecular weight is 381 g/mol. The molecule has 6 nitrogen and oxygen atoms in total. The van der Waals surface area contributed by atoms with Crippen molar-refractivity contribution >= 4 is 15.8 Å². The highest BCUT2D eigenvalue weighted by Gasteiger charge is 2.23. The van der Waals surface area contributed by atoms with Crippen LogP contribution in [0.2, 0.25) is 0 Å². The van der Waals surface area contributed by atoms with Crippen LogP contribution in [0.1, 0.15) is 27.2 Å². The van der Waals surface area contributed by atoms with Gasteiger partial charge in [0.15, 0.2) is 9.84 Å². The highest BCUT2D eigenvalue weighted by molar-refractivity contribution is 7.90. The van der Waals surface area contributed by atoms with Gasteiger partial charge >= 0.3 is 5.97 Å². The number of carbonyl (C=O) groups is 1. The number of carbonyl (C=O) groups excluding carboxylic acids is 1. The summed E-state index contributed by atoms with van der Waals surface area (Å²) in [6, 6.07) is 18.2. The Morgan fingerprint density at radius 3 is 2.44 bits per heavy atom. The molecule has 0 saturated heterocycles. The minimum Gasteiger partial charge on any atom is -0.457 e. The van der Waals surface area contributed by atoms with E-state index in [0.717, 1.165) is 0 Å². The van der Waals surface area contributed by atoms with Crippen molar-refractivity contribution in [2.45, 2.75) is 17.3 Å². The van der Waals surface area contributed by atoms with Crippen LogP contribution in [0, 0.1) is 11.3 Å². The first-order valence-corrected chi connectivity index (χ1v) is 9.66. The van der Waals surface area contributed by atoms with E-state index in [-0.39, 0.29) is 28.6 Å². The lowest BCUT2D eigenvalue weighted by Gasteiger charge is -2.07. The van der Waals surface area contributed by atoms with Crippen LogP contribution in [-0.2, 0) is 26.9 Å². The van der Waals surface area contributed by atoms with Crippen LogP contribution < -0.4 is 0 Å². The molecule has 136 valence electrons. The lowest BCUT2D eigenvalue weighted by Crippen LogP contribution is -2.11. The van der Waals surface area contributed by atoms with Crippen LogP contribution in [-0.4, -0.2) is 14.4 Å². The predicted octanol–water partition coefficient (Wildman–Crippen LogP) is 3.48. The maximum Gasteiger partial charge on any atom is 0.374 e. The molecule has 0 N–H and O–H groups in total. The van der Waals surface area contributed by atoms with Crippen LogP contribution >= 0.6 is 0 Å². The standard InChI is InChI=1S/C20H15NO5S/c21-12-15-6-4-5-7-16(15)13-26-20(22)19-17(10-11-25-19)14-27(23,24)18-8-2-1-3-9-18/h1-11H,13-14H2. The first kappa shape index (κ1) is 18.4. The number of hydrogen-bond donors (Lipinski definition) is 0. The lowest BCUT2D eigenvalue weighted by molar-refractivity contribution is 0.0434. The summed E-state index contributed by atoms with van der Waals surface area (Å²) in [5.41, 5.74) is 1.17. The van der Waals surface area contributed by atoms with Gasteiger partial charge in [-0.25, -0.2) is 13.2 Å². The summed E-state index contributed by atoms with van der Waals surface area (Å²) in [4.78, 5) is 12.5. The quantitative estimate of drug-likeness (QED) is 0.606. The van der Waals surface area contributed by atoms with Crippen LogP contribution in [0.15, 0.2) is 76.2 Å². The van der Waals surface area contributed by atoms with E-state index < -0.39 is 15.8 Å². The molecule has 0 atom stereocenters. The third kappa shape index (κ3) is 4.25. The van der Waals surface area contributed by atoms with Gasteiger partial charge in [0.2, 0.25) is 5.76 Å². The van der Waals surface area contributed by atoms with Gasteiger partial charge in [0.1, 0.15) is 6.61 Å². The monoisotopic (exact) mass is 381 g/mol. The molecule has 0 aliphatic rings. The molecular formula is C20H15NO5S. The summed E-state index contributed by atoms with van der Waals surface area (Å²) < 4.78 is 35.4. The van der Waals surface area contributed by atoms with Crippen molar-refractivity contribution in [2.75, 3.05) is 0 Å². The third-order valence-corrected chi connectivity index (χ3v) is 5.56. The summed E-state index contributed by atoms with van der Waals surface area (Å²) in [6.07, 6.45) is 1.25. The Bertz CT molecular complexity index is 1090. The predicted molar refractivity (Wildman–Crippen MR) is 96.3 cm³/mol. The molecule has 0 aliphatic heterocycles. The fraction of sp³-hybridized carbons (Fsp3) is 0.100. The van der Waals surface area contributed by atoms with E-state index in [4.69, 9.17) is 14.4 Å². The Labute approximate surface area is 156 Å². The number of rotatable bonds is 6. The van der Waals surface area contributed by atoms with Crippen molar-refractivity contribution < 1.29 is 22.4 Å². The zero-order valence-electron chi connectivity index (χ0n) is 14.2. The van der Waals surface area contributed by atoms with Gasteiger partial charge in [-0.3, -0.25) is 0 Å². The molecule has 0 unspecified atom stereocenters.